The van der Waals surface area contributed by atoms with Gasteiger partial charge in [0.25, 0.3) is 5.91 Å². The molecule has 0 saturated heterocycles. The van der Waals surface area contributed by atoms with E-state index in [9.17, 15) is 14.0 Å². The van der Waals surface area contributed by atoms with Crippen molar-refractivity contribution in [3.8, 4) is 0 Å². The lowest BCUT2D eigenvalue weighted by Crippen LogP contribution is -2.12. The lowest BCUT2D eigenvalue weighted by molar-refractivity contribution is 0.0692. The molecule has 0 saturated carbocycles. The van der Waals surface area contributed by atoms with Crippen molar-refractivity contribution in [2.24, 2.45) is 0 Å². The van der Waals surface area contributed by atoms with Crippen LogP contribution in [0, 0.1) is 5.82 Å². The molecule has 20 heavy (non-hydrogen) atoms. The van der Waals surface area contributed by atoms with Gasteiger partial charge in [-0.15, -0.1) is 0 Å². The Morgan fingerprint density at radius 2 is 2.00 bits per heavy atom. The number of nitrogens with one attached hydrogen (secondary N) is 1. The second-order valence-corrected chi connectivity index (χ2v) is 4.21. The van der Waals surface area contributed by atoms with E-state index in [0.29, 0.717) is 0 Å². The SMILES string of the molecule is O=C(Nc1ccc(C(=O)O)c(F)c1)c1ccnc(Cl)c1. The van der Waals surface area contributed by atoms with Crippen LogP contribution >= 0.6 is 11.6 Å². The number of halogens is 2. The molecule has 0 spiro atoms. The van der Waals surface area contributed by atoms with E-state index in [1.165, 1.54) is 24.4 Å². The Morgan fingerprint density at radius 3 is 2.60 bits per heavy atom. The molecule has 1 amide bonds. The Hall–Kier alpha value is -2.47. The van der Waals surface area contributed by atoms with Gasteiger partial charge in [0.2, 0.25) is 0 Å². The smallest absolute Gasteiger partial charge is 0.338 e. The minimum absolute atomic E-state index is 0.144. The number of carbonyl (C=O) groups excluding carboxylic acids is 1. The molecule has 0 aliphatic heterocycles. The molecule has 0 atom stereocenters. The molecule has 2 N–H and O–H groups in total. The van der Waals surface area contributed by atoms with Gasteiger partial charge in [0, 0.05) is 17.4 Å². The minimum Gasteiger partial charge on any atom is -0.478 e. The monoisotopic (exact) mass is 294 g/mol. The zero-order valence-electron chi connectivity index (χ0n) is 9.93. The molecule has 0 radical (unpaired) electrons. The number of hydrogen-bond donors (Lipinski definition) is 2. The lowest BCUT2D eigenvalue weighted by Gasteiger charge is -2.06. The number of aromatic carboxylic acids is 1. The summed E-state index contributed by atoms with van der Waals surface area (Å²) in [6.45, 7) is 0. The fraction of sp³-hybridized carbons (Fsp3) is 0. The summed E-state index contributed by atoms with van der Waals surface area (Å²) in [6, 6.07) is 6.12. The van der Waals surface area contributed by atoms with Gasteiger partial charge in [-0.3, -0.25) is 4.79 Å². The predicted molar refractivity (Wildman–Crippen MR) is 70.6 cm³/mol. The molecule has 1 aromatic heterocycles. The van der Waals surface area contributed by atoms with Gasteiger partial charge in [0.15, 0.2) is 0 Å². The second kappa shape index (κ2) is 5.66. The van der Waals surface area contributed by atoms with E-state index >= 15 is 0 Å². The number of rotatable bonds is 3. The molecular weight excluding hydrogens is 287 g/mol. The van der Waals surface area contributed by atoms with Crippen molar-refractivity contribution in [2.75, 3.05) is 5.32 Å². The first-order chi connectivity index (χ1) is 9.47. The number of pyridine rings is 1. The third-order valence-corrected chi connectivity index (χ3v) is 2.65. The molecule has 1 heterocycles. The van der Waals surface area contributed by atoms with Crippen molar-refractivity contribution >= 4 is 29.2 Å². The fourth-order valence-corrected chi connectivity index (χ4v) is 1.69. The van der Waals surface area contributed by atoms with Gasteiger partial charge in [-0.25, -0.2) is 14.2 Å². The first-order valence-corrected chi connectivity index (χ1v) is 5.81. The summed E-state index contributed by atoms with van der Waals surface area (Å²) >= 11 is 5.66. The van der Waals surface area contributed by atoms with Crippen molar-refractivity contribution in [1.82, 2.24) is 4.98 Å². The number of amides is 1. The Labute approximate surface area is 118 Å². The van der Waals surface area contributed by atoms with Crippen LogP contribution in [0.4, 0.5) is 10.1 Å². The van der Waals surface area contributed by atoms with Gasteiger partial charge in [-0.2, -0.15) is 0 Å². The Balaban J connectivity index is 2.20. The molecule has 102 valence electrons. The Bertz CT molecular complexity index is 691. The molecule has 7 heteroatoms. The first kappa shape index (κ1) is 14.0. The zero-order chi connectivity index (χ0) is 14.7. The quantitative estimate of drug-likeness (QED) is 0.853. The first-order valence-electron chi connectivity index (χ1n) is 5.43. The standard InChI is InChI=1S/C13H8ClFN2O3/c14-11-5-7(3-4-16-11)12(18)17-8-1-2-9(13(19)20)10(15)6-8/h1-6H,(H,17,18)(H,19,20). The Kier molecular flexibility index (Phi) is 3.95. The maximum atomic E-state index is 13.5. The van der Waals surface area contributed by atoms with E-state index in [1.807, 2.05) is 0 Å². The van der Waals surface area contributed by atoms with E-state index in [4.69, 9.17) is 16.7 Å². The highest BCUT2D eigenvalue weighted by Gasteiger charge is 2.12. The van der Waals surface area contributed by atoms with Gasteiger partial charge in [0.1, 0.15) is 11.0 Å². The molecule has 0 aliphatic carbocycles. The summed E-state index contributed by atoms with van der Waals surface area (Å²) in [4.78, 5) is 26.3. The fourth-order valence-electron chi connectivity index (χ4n) is 1.51. The molecule has 5 nitrogen and oxygen atoms in total. The largest absolute Gasteiger partial charge is 0.478 e. The van der Waals surface area contributed by atoms with Crippen LogP contribution in [0.25, 0.3) is 0 Å². The topological polar surface area (TPSA) is 79.3 Å². The van der Waals surface area contributed by atoms with Crippen LogP contribution in [-0.2, 0) is 0 Å². The van der Waals surface area contributed by atoms with Gasteiger partial charge in [-0.05, 0) is 30.3 Å². The molecule has 1 aromatic carbocycles. The van der Waals surface area contributed by atoms with Crippen LogP contribution < -0.4 is 5.32 Å². The molecule has 0 bridgehead atoms. The van der Waals surface area contributed by atoms with E-state index in [1.54, 1.807) is 0 Å². The third-order valence-electron chi connectivity index (χ3n) is 2.45. The zero-order valence-corrected chi connectivity index (χ0v) is 10.7. The summed E-state index contributed by atoms with van der Waals surface area (Å²) in [6.07, 6.45) is 1.37. The summed E-state index contributed by atoms with van der Waals surface area (Å²) < 4.78 is 13.5. The van der Waals surface area contributed by atoms with E-state index in [0.717, 1.165) is 12.1 Å². The number of carboxylic acid groups (broad SMARTS) is 1. The molecule has 0 fully saturated rings. The highest BCUT2D eigenvalue weighted by atomic mass is 35.5. The number of carboxylic acids is 1. The average molecular weight is 295 g/mol. The number of benzene rings is 1. The van der Waals surface area contributed by atoms with Crippen molar-refractivity contribution in [1.29, 1.82) is 0 Å². The van der Waals surface area contributed by atoms with Crippen LogP contribution in [0.15, 0.2) is 36.5 Å². The van der Waals surface area contributed by atoms with Crippen LogP contribution in [-0.4, -0.2) is 22.0 Å². The second-order valence-electron chi connectivity index (χ2n) is 3.82. The van der Waals surface area contributed by atoms with Crippen LogP contribution in [0.5, 0.6) is 0 Å². The van der Waals surface area contributed by atoms with E-state index < -0.39 is 23.3 Å². The highest BCUT2D eigenvalue weighted by molar-refractivity contribution is 6.29. The normalized spacial score (nSPS) is 10.1. The average Bonchev–Trinajstić information content (AvgIpc) is 2.38. The number of aromatic nitrogens is 1. The molecule has 2 aromatic rings. The maximum absolute atomic E-state index is 13.5. The maximum Gasteiger partial charge on any atom is 0.338 e. The van der Waals surface area contributed by atoms with Gasteiger partial charge < -0.3 is 10.4 Å². The summed E-state index contributed by atoms with van der Waals surface area (Å²) in [5, 5.41) is 11.3. The van der Waals surface area contributed by atoms with Crippen LogP contribution in [0.2, 0.25) is 5.15 Å². The highest BCUT2D eigenvalue weighted by Crippen LogP contribution is 2.16. The molecule has 0 aliphatic rings. The number of anilines is 1. The van der Waals surface area contributed by atoms with Crippen molar-refractivity contribution < 1.29 is 19.1 Å². The number of carbonyl (C=O) groups is 2. The van der Waals surface area contributed by atoms with Crippen molar-refractivity contribution in [2.45, 2.75) is 0 Å². The molecule has 2 rings (SSSR count). The third kappa shape index (κ3) is 3.10. The van der Waals surface area contributed by atoms with Gasteiger partial charge in [0.05, 0.1) is 5.56 Å². The number of hydrogen-bond acceptors (Lipinski definition) is 3. The van der Waals surface area contributed by atoms with Gasteiger partial charge in [-0.1, -0.05) is 11.6 Å². The summed E-state index contributed by atoms with van der Waals surface area (Å²) in [5.41, 5.74) is -0.0619. The lowest BCUT2D eigenvalue weighted by atomic mass is 10.2. The number of nitrogens with zero attached hydrogens (tertiary/aromatic N) is 1. The van der Waals surface area contributed by atoms with Crippen LogP contribution in [0.1, 0.15) is 20.7 Å². The van der Waals surface area contributed by atoms with Crippen molar-refractivity contribution in [3.63, 3.8) is 0 Å². The molecular formula is C13H8ClFN2O3. The van der Waals surface area contributed by atoms with Crippen molar-refractivity contribution in [3.05, 3.63) is 58.6 Å². The van der Waals surface area contributed by atoms with Gasteiger partial charge >= 0.3 is 5.97 Å². The predicted octanol–water partition coefficient (Wildman–Crippen LogP) is 2.82. The molecule has 0 unspecified atom stereocenters. The van der Waals surface area contributed by atoms with Crippen LogP contribution in [0.3, 0.4) is 0 Å². The minimum atomic E-state index is -1.37. The van der Waals surface area contributed by atoms with E-state index in [-0.39, 0.29) is 16.4 Å². The Morgan fingerprint density at radius 1 is 1.25 bits per heavy atom. The van der Waals surface area contributed by atoms with E-state index in [2.05, 4.69) is 10.3 Å². The summed E-state index contributed by atoms with van der Waals surface area (Å²) in [7, 11) is 0. The summed E-state index contributed by atoms with van der Waals surface area (Å²) in [5.74, 6) is -2.80.